The summed E-state index contributed by atoms with van der Waals surface area (Å²) in [4.78, 5) is 0.119. The van der Waals surface area contributed by atoms with Crippen LogP contribution in [0.3, 0.4) is 0 Å². The second-order valence-electron chi connectivity index (χ2n) is 1.91. The zero-order valence-electron chi connectivity index (χ0n) is 6.42. The highest BCUT2D eigenvalue weighted by atomic mass is 79.9. The van der Waals surface area contributed by atoms with E-state index in [-0.39, 0.29) is 4.83 Å². The normalized spacial score (nSPS) is 14.9. The summed E-state index contributed by atoms with van der Waals surface area (Å²) in [7, 11) is -0.0564. The van der Waals surface area contributed by atoms with Crippen LogP contribution in [0.1, 0.15) is 0 Å². The quantitative estimate of drug-likeness (QED) is 0.578. The minimum absolute atomic E-state index is 0.119. The van der Waals surface area contributed by atoms with Crippen molar-refractivity contribution in [2.45, 2.75) is 4.83 Å². The van der Waals surface area contributed by atoms with Crippen molar-refractivity contribution in [2.24, 2.45) is 0 Å². The van der Waals surface area contributed by atoms with E-state index >= 15 is 0 Å². The molecule has 0 spiro atoms. The summed E-state index contributed by atoms with van der Waals surface area (Å²) in [6, 6.07) is 0. The molecule has 0 saturated heterocycles. The molecule has 0 radical (unpaired) electrons. The molecule has 0 bridgehead atoms. The van der Waals surface area contributed by atoms with E-state index in [2.05, 4.69) is 31.9 Å². The lowest BCUT2D eigenvalue weighted by Gasteiger charge is -2.15. The minimum atomic E-state index is -2.83. The SMILES string of the molecule is COP(=O)(CC(Br)CBr)OC. The molecule has 3 nitrogen and oxygen atoms in total. The van der Waals surface area contributed by atoms with Gasteiger partial charge in [-0.25, -0.2) is 0 Å². The maximum atomic E-state index is 11.4. The fourth-order valence-corrected chi connectivity index (χ4v) is 3.22. The van der Waals surface area contributed by atoms with Crippen molar-refractivity contribution < 1.29 is 13.6 Å². The molecular weight excluding hydrogens is 299 g/mol. The van der Waals surface area contributed by atoms with Crippen LogP contribution in [0.4, 0.5) is 0 Å². The molecule has 1 unspecified atom stereocenters. The maximum absolute atomic E-state index is 11.4. The smallest absolute Gasteiger partial charge is 0.312 e. The first-order valence-electron chi connectivity index (χ1n) is 2.98. The molecule has 0 aliphatic carbocycles. The molecule has 0 fully saturated rings. The molecule has 6 heteroatoms. The highest BCUT2D eigenvalue weighted by Gasteiger charge is 2.24. The van der Waals surface area contributed by atoms with Gasteiger partial charge in [-0.3, -0.25) is 4.57 Å². The Hall–Kier alpha value is 1.11. The van der Waals surface area contributed by atoms with Crippen LogP contribution in [0.25, 0.3) is 0 Å². The maximum Gasteiger partial charge on any atom is 0.331 e. The molecule has 11 heavy (non-hydrogen) atoms. The summed E-state index contributed by atoms with van der Waals surface area (Å²) in [5, 5.41) is 0.726. The van der Waals surface area contributed by atoms with Gasteiger partial charge in [0, 0.05) is 24.4 Å². The molecule has 0 aliphatic rings. The first-order chi connectivity index (χ1) is 5.08. The van der Waals surface area contributed by atoms with Crippen molar-refractivity contribution in [2.75, 3.05) is 25.7 Å². The Morgan fingerprint density at radius 2 is 1.91 bits per heavy atom. The van der Waals surface area contributed by atoms with Gasteiger partial charge < -0.3 is 9.05 Å². The van der Waals surface area contributed by atoms with Crippen LogP contribution < -0.4 is 0 Å². The van der Waals surface area contributed by atoms with Crippen LogP contribution in [-0.2, 0) is 13.6 Å². The summed E-state index contributed by atoms with van der Waals surface area (Å²) in [6.45, 7) is 0. The lowest BCUT2D eigenvalue weighted by atomic mass is 10.6. The van der Waals surface area contributed by atoms with E-state index in [1.54, 1.807) is 0 Å². The van der Waals surface area contributed by atoms with Gasteiger partial charge in [-0.1, -0.05) is 31.9 Å². The van der Waals surface area contributed by atoms with Crippen molar-refractivity contribution in [1.82, 2.24) is 0 Å². The zero-order chi connectivity index (χ0) is 8.91. The lowest BCUT2D eigenvalue weighted by molar-refractivity contribution is 0.276. The fraction of sp³-hybridized carbons (Fsp3) is 1.00. The number of hydrogen-bond donors (Lipinski definition) is 0. The predicted molar refractivity (Wildman–Crippen MR) is 53.0 cm³/mol. The second-order valence-corrected chi connectivity index (χ2v) is 6.17. The Kier molecular flexibility index (Phi) is 6.28. The number of rotatable bonds is 5. The van der Waals surface area contributed by atoms with Crippen LogP contribution in [-0.4, -0.2) is 30.5 Å². The molecule has 0 aromatic rings. The summed E-state index contributed by atoms with van der Waals surface area (Å²) in [5.41, 5.74) is 0. The highest BCUT2D eigenvalue weighted by Crippen LogP contribution is 2.47. The molecule has 0 N–H and O–H groups in total. The van der Waals surface area contributed by atoms with Crippen LogP contribution >= 0.6 is 39.5 Å². The molecule has 0 heterocycles. The number of alkyl halides is 2. The zero-order valence-corrected chi connectivity index (χ0v) is 10.5. The van der Waals surface area contributed by atoms with Crippen LogP contribution in [0.2, 0.25) is 0 Å². The molecule has 0 amide bonds. The van der Waals surface area contributed by atoms with Crippen molar-refractivity contribution in [1.29, 1.82) is 0 Å². The summed E-state index contributed by atoms with van der Waals surface area (Å²) >= 11 is 6.56. The molecule has 0 saturated carbocycles. The molecule has 0 rings (SSSR count). The Balaban J connectivity index is 3.97. The lowest BCUT2D eigenvalue weighted by Crippen LogP contribution is -2.08. The van der Waals surface area contributed by atoms with Gasteiger partial charge in [0.05, 0.1) is 6.16 Å². The Morgan fingerprint density at radius 1 is 1.45 bits per heavy atom. The number of halogens is 2. The Bertz CT molecular complexity index is 145. The molecular formula is C5H11Br2O3P. The molecule has 68 valence electrons. The standard InChI is InChI=1S/C5H11Br2O3P/c1-9-11(8,10-2)4-5(7)3-6/h5H,3-4H2,1-2H3. The van der Waals surface area contributed by atoms with Crippen molar-refractivity contribution in [3.63, 3.8) is 0 Å². The van der Waals surface area contributed by atoms with E-state index in [4.69, 9.17) is 9.05 Å². The van der Waals surface area contributed by atoms with Crippen molar-refractivity contribution in [3.8, 4) is 0 Å². The predicted octanol–water partition coefficient (Wildman–Crippen LogP) is 2.63. The minimum Gasteiger partial charge on any atom is -0.312 e. The topological polar surface area (TPSA) is 35.5 Å². The molecule has 1 atom stereocenters. The third-order valence-corrected chi connectivity index (χ3v) is 5.94. The van der Waals surface area contributed by atoms with E-state index in [1.165, 1.54) is 14.2 Å². The van der Waals surface area contributed by atoms with Crippen LogP contribution in [0.15, 0.2) is 0 Å². The van der Waals surface area contributed by atoms with E-state index < -0.39 is 7.60 Å². The largest absolute Gasteiger partial charge is 0.331 e. The van der Waals surface area contributed by atoms with Gasteiger partial charge >= 0.3 is 7.60 Å². The van der Waals surface area contributed by atoms with E-state index in [9.17, 15) is 4.57 Å². The van der Waals surface area contributed by atoms with Gasteiger partial charge in [-0.05, 0) is 0 Å². The number of hydrogen-bond acceptors (Lipinski definition) is 3. The van der Waals surface area contributed by atoms with Crippen molar-refractivity contribution >= 4 is 39.5 Å². The summed E-state index contributed by atoms with van der Waals surface area (Å²) in [6.07, 6.45) is 0.380. The van der Waals surface area contributed by atoms with Gasteiger partial charge in [0.1, 0.15) is 0 Å². The first-order valence-corrected chi connectivity index (χ1v) is 6.75. The van der Waals surface area contributed by atoms with Crippen molar-refractivity contribution in [3.05, 3.63) is 0 Å². The molecule has 0 aromatic heterocycles. The summed E-state index contributed by atoms with van der Waals surface area (Å²) < 4.78 is 20.9. The fourth-order valence-electron chi connectivity index (χ4n) is 0.515. The van der Waals surface area contributed by atoms with Gasteiger partial charge in [0.25, 0.3) is 0 Å². The second kappa shape index (κ2) is 5.70. The first kappa shape index (κ1) is 12.1. The summed E-state index contributed by atoms with van der Waals surface area (Å²) in [5.74, 6) is 0. The van der Waals surface area contributed by atoms with Crippen LogP contribution in [0.5, 0.6) is 0 Å². The van der Waals surface area contributed by atoms with Crippen LogP contribution in [0, 0.1) is 0 Å². The molecule has 0 aromatic carbocycles. The third-order valence-electron chi connectivity index (χ3n) is 1.15. The van der Waals surface area contributed by atoms with Gasteiger partial charge in [-0.2, -0.15) is 0 Å². The Morgan fingerprint density at radius 3 is 2.18 bits per heavy atom. The van der Waals surface area contributed by atoms with E-state index in [0.29, 0.717) is 6.16 Å². The van der Waals surface area contributed by atoms with E-state index in [1.807, 2.05) is 0 Å². The molecule has 0 aliphatic heterocycles. The average molecular weight is 310 g/mol. The van der Waals surface area contributed by atoms with E-state index in [0.717, 1.165) is 5.33 Å². The monoisotopic (exact) mass is 308 g/mol. The third kappa shape index (κ3) is 4.63. The highest BCUT2D eigenvalue weighted by molar-refractivity contribution is 9.12. The Labute approximate surface area is 83.6 Å². The average Bonchev–Trinajstić information content (AvgIpc) is 2.04. The van der Waals surface area contributed by atoms with Gasteiger partial charge in [0.2, 0.25) is 0 Å². The van der Waals surface area contributed by atoms with Gasteiger partial charge in [-0.15, -0.1) is 0 Å². The van der Waals surface area contributed by atoms with Gasteiger partial charge in [0.15, 0.2) is 0 Å².